The highest BCUT2D eigenvalue weighted by molar-refractivity contribution is 7.80. The molecule has 0 unspecified atom stereocenters. The van der Waals surface area contributed by atoms with Crippen LogP contribution in [-0.4, -0.2) is 26.9 Å². The Morgan fingerprint density at radius 2 is 1.70 bits per heavy atom. The van der Waals surface area contributed by atoms with Crippen molar-refractivity contribution in [2.45, 2.75) is 13.8 Å². The molecule has 164 valence electrons. The number of aryl methyl sites for hydroxylation is 1. The molecule has 0 radical (unpaired) electrons. The Kier molecular flexibility index (Phi) is 6.15. The maximum absolute atomic E-state index is 13.3. The molecule has 3 aromatic carbocycles. The first-order chi connectivity index (χ1) is 15.8. The van der Waals surface area contributed by atoms with Gasteiger partial charge in [-0.2, -0.15) is 0 Å². The van der Waals surface area contributed by atoms with E-state index in [1.54, 1.807) is 48.5 Å². The quantitative estimate of drug-likeness (QED) is 0.288. The van der Waals surface area contributed by atoms with E-state index in [2.05, 4.69) is 15.6 Å². The van der Waals surface area contributed by atoms with E-state index in [0.29, 0.717) is 27.7 Å². The van der Waals surface area contributed by atoms with Crippen molar-refractivity contribution in [2.24, 2.45) is 0 Å². The highest BCUT2D eigenvalue weighted by atomic mass is 32.1. The van der Waals surface area contributed by atoms with Crippen molar-refractivity contribution >= 4 is 45.6 Å². The van der Waals surface area contributed by atoms with E-state index in [-0.39, 0.29) is 22.2 Å². The van der Waals surface area contributed by atoms with Crippen molar-refractivity contribution in [3.05, 3.63) is 89.5 Å². The van der Waals surface area contributed by atoms with Crippen LogP contribution >= 0.6 is 12.2 Å². The van der Waals surface area contributed by atoms with Crippen molar-refractivity contribution in [3.63, 3.8) is 0 Å². The summed E-state index contributed by atoms with van der Waals surface area (Å²) in [5.41, 5.74) is 3.96. The van der Waals surface area contributed by atoms with Crippen molar-refractivity contribution in [2.75, 3.05) is 5.32 Å². The van der Waals surface area contributed by atoms with Gasteiger partial charge in [-0.3, -0.25) is 14.9 Å². The number of fused-ring (bicyclic) bond motifs is 1. The van der Waals surface area contributed by atoms with E-state index in [1.165, 1.54) is 6.92 Å². The molecule has 0 fully saturated rings. The first-order valence-electron chi connectivity index (χ1n) is 10.3. The van der Waals surface area contributed by atoms with E-state index in [4.69, 9.17) is 12.2 Å². The van der Waals surface area contributed by atoms with Gasteiger partial charge in [0.15, 0.2) is 10.9 Å². The van der Waals surface area contributed by atoms with Crippen molar-refractivity contribution < 1.29 is 14.7 Å². The van der Waals surface area contributed by atoms with Crippen LogP contribution in [0.5, 0.6) is 5.75 Å². The van der Waals surface area contributed by atoms with Gasteiger partial charge in [0.25, 0.3) is 5.91 Å². The normalized spacial score (nSPS) is 10.6. The summed E-state index contributed by atoms with van der Waals surface area (Å²) < 4.78 is 0. The average Bonchev–Trinajstić information content (AvgIpc) is 2.79. The Balaban J connectivity index is 1.76. The zero-order valence-electron chi connectivity index (χ0n) is 18.0. The lowest BCUT2D eigenvalue weighted by Gasteiger charge is -2.14. The van der Waals surface area contributed by atoms with Gasteiger partial charge in [-0.05, 0) is 74.1 Å². The lowest BCUT2D eigenvalue weighted by Crippen LogP contribution is -2.34. The summed E-state index contributed by atoms with van der Waals surface area (Å²) >= 11 is 5.36. The van der Waals surface area contributed by atoms with Crippen LogP contribution in [0.15, 0.2) is 72.8 Å². The molecular formula is C26H21N3O3S. The number of ketones is 1. The van der Waals surface area contributed by atoms with Gasteiger partial charge in [-0.15, -0.1) is 0 Å². The molecule has 1 amide bonds. The number of para-hydroxylation sites is 2. The number of hydrogen-bond donors (Lipinski definition) is 3. The molecule has 1 heterocycles. The van der Waals surface area contributed by atoms with Crippen LogP contribution in [-0.2, 0) is 0 Å². The summed E-state index contributed by atoms with van der Waals surface area (Å²) in [6.07, 6.45) is 0. The number of aromatic nitrogens is 1. The molecule has 0 bridgehead atoms. The summed E-state index contributed by atoms with van der Waals surface area (Å²) in [5.74, 6) is -0.525. The van der Waals surface area contributed by atoms with E-state index in [9.17, 15) is 14.7 Å². The smallest absolute Gasteiger partial charge is 0.258 e. The Bertz CT molecular complexity index is 1420. The Morgan fingerprint density at radius 1 is 0.970 bits per heavy atom. The number of nitrogens with one attached hydrogen (secondary N) is 2. The molecule has 4 aromatic rings. The van der Waals surface area contributed by atoms with Gasteiger partial charge >= 0.3 is 0 Å². The topological polar surface area (TPSA) is 91.3 Å². The molecule has 1 aromatic heterocycles. The van der Waals surface area contributed by atoms with Crippen molar-refractivity contribution in [1.82, 2.24) is 10.3 Å². The number of Topliss-reactive ketones (excluding diaryl/α,β-unsaturated/α-hetero) is 1. The molecule has 4 rings (SSSR count). The van der Waals surface area contributed by atoms with Gasteiger partial charge in [0.1, 0.15) is 5.75 Å². The largest absolute Gasteiger partial charge is 0.507 e. The second-order valence-corrected chi connectivity index (χ2v) is 7.99. The fraction of sp³-hybridized carbons (Fsp3) is 0.0769. The second kappa shape index (κ2) is 9.18. The monoisotopic (exact) mass is 455 g/mol. The zero-order chi connectivity index (χ0) is 23.5. The predicted molar refractivity (Wildman–Crippen MR) is 134 cm³/mol. The number of hydrogen-bond acceptors (Lipinski definition) is 5. The van der Waals surface area contributed by atoms with E-state index in [0.717, 1.165) is 11.3 Å². The van der Waals surface area contributed by atoms with Crippen LogP contribution in [0.2, 0.25) is 0 Å². The number of pyridine rings is 1. The molecule has 0 saturated carbocycles. The summed E-state index contributed by atoms with van der Waals surface area (Å²) in [7, 11) is 0. The maximum Gasteiger partial charge on any atom is 0.258 e. The fourth-order valence-electron chi connectivity index (χ4n) is 3.50. The molecule has 33 heavy (non-hydrogen) atoms. The molecule has 0 saturated heterocycles. The van der Waals surface area contributed by atoms with Gasteiger partial charge in [0.05, 0.1) is 16.8 Å². The van der Waals surface area contributed by atoms with Gasteiger partial charge in [0.2, 0.25) is 0 Å². The number of thiocarbonyl (C=S) groups is 1. The number of phenolic OH excluding ortho intramolecular Hbond substituents is 1. The summed E-state index contributed by atoms with van der Waals surface area (Å²) in [4.78, 5) is 29.8. The molecule has 3 N–H and O–H groups in total. The van der Waals surface area contributed by atoms with E-state index < -0.39 is 5.91 Å². The van der Waals surface area contributed by atoms with Crippen LogP contribution in [0.1, 0.15) is 33.2 Å². The van der Waals surface area contributed by atoms with Crippen LogP contribution < -0.4 is 10.6 Å². The predicted octanol–water partition coefficient (Wildman–Crippen LogP) is 5.25. The second-order valence-electron chi connectivity index (χ2n) is 7.58. The molecule has 7 heteroatoms. The lowest BCUT2D eigenvalue weighted by atomic mass is 10.0. The number of phenols is 1. The van der Waals surface area contributed by atoms with Crippen LogP contribution in [0, 0.1) is 6.92 Å². The Morgan fingerprint density at radius 3 is 2.42 bits per heavy atom. The minimum atomic E-state index is -0.453. The fourth-order valence-corrected chi connectivity index (χ4v) is 3.70. The molecule has 0 atom stereocenters. The van der Waals surface area contributed by atoms with Crippen molar-refractivity contribution in [3.8, 4) is 17.0 Å². The third kappa shape index (κ3) is 4.73. The summed E-state index contributed by atoms with van der Waals surface area (Å²) in [6, 6.07) is 20.9. The van der Waals surface area contributed by atoms with Gasteiger partial charge in [-0.1, -0.05) is 30.3 Å². The first-order valence-corrected chi connectivity index (χ1v) is 10.7. The Labute approximate surface area is 196 Å². The highest BCUT2D eigenvalue weighted by Gasteiger charge is 2.18. The summed E-state index contributed by atoms with van der Waals surface area (Å²) in [6.45, 7) is 3.40. The minimum absolute atomic E-state index is 0.0489. The molecular weight excluding hydrogens is 434 g/mol. The number of carbonyl (C=O) groups excluding carboxylic acids is 2. The van der Waals surface area contributed by atoms with E-state index in [1.807, 2.05) is 31.2 Å². The van der Waals surface area contributed by atoms with Gasteiger partial charge < -0.3 is 10.4 Å². The molecule has 0 aliphatic heterocycles. The maximum atomic E-state index is 13.3. The van der Waals surface area contributed by atoms with Crippen molar-refractivity contribution in [1.29, 1.82) is 0 Å². The Hall–Kier alpha value is -4.10. The van der Waals surface area contributed by atoms with Gasteiger partial charge in [-0.25, -0.2) is 4.98 Å². The number of aromatic hydroxyl groups is 1. The number of anilines is 1. The first kappa shape index (κ1) is 22.1. The third-order valence-corrected chi connectivity index (χ3v) is 5.46. The molecule has 0 aliphatic rings. The van der Waals surface area contributed by atoms with Gasteiger partial charge in [0, 0.05) is 22.2 Å². The summed E-state index contributed by atoms with van der Waals surface area (Å²) in [5, 5.41) is 16.7. The highest BCUT2D eigenvalue weighted by Crippen LogP contribution is 2.31. The molecule has 0 spiro atoms. The minimum Gasteiger partial charge on any atom is -0.507 e. The molecule has 0 aliphatic carbocycles. The van der Waals surface area contributed by atoms with E-state index >= 15 is 0 Å². The number of rotatable bonds is 4. The number of amides is 1. The lowest BCUT2D eigenvalue weighted by molar-refractivity contribution is 0.0976. The molecule has 6 nitrogen and oxygen atoms in total. The average molecular weight is 456 g/mol. The van der Waals surface area contributed by atoms with Crippen LogP contribution in [0.25, 0.3) is 22.2 Å². The number of carbonyl (C=O) groups is 2. The van der Waals surface area contributed by atoms with Crippen LogP contribution in [0.3, 0.4) is 0 Å². The third-order valence-electron chi connectivity index (χ3n) is 5.26. The zero-order valence-corrected chi connectivity index (χ0v) is 18.9. The number of nitrogens with zero attached hydrogens (tertiary/aromatic N) is 1. The van der Waals surface area contributed by atoms with Crippen LogP contribution in [0.4, 0.5) is 5.69 Å². The standard InChI is InChI=1S/C26H21N3O3S/c1-15-7-3-5-9-21(15)28-26(33)29-25(32)20-14-23(18-8-4-6-10-24(18)31)27-22-12-11-17(16(2)30)13-19(20)22/h3-14,31H,1-2H3,(H2,28,29,32,33). The number of benzene rings is 3. The SMILES string of the molecule is CC(=O)c1ccc2nc(-c3ccccc3O)cc(C(=O)NC(=S)Nc3ccccc3C)c2c1.